The van der Waals surface area contributed by atoms with Crippen molar-refractivity contribution in [1.29, 1.82) is 0 Å². The highest BCUT2D eigenvalue weighted by molar-refractivity contribution is 5.94. The second kappa shape index (κ2) is 7.50. The van der Waals surface area contributed by atoms with Crippen LogP contribution in [0.5, 0.6) is 0 Å². The van der Waals surface area contributed by atoms with Gasteiger partial charge >= 0.3 is 6.03 Å². The monoisotopic (exact) mass is 397 g/mol. The average Bonchev–Trinajstić information content (AvgIpc) is 3.38. The van der Waals surface area contributed by atoms with Gasteiger partial charge in [-0.15, -0.1) is 0 Å². The van der Waals surface area contributed by atoms with Crippen molar-refractivity contribution in [3.63, 3.8) is 0 Å². The van der Waals surface area contributed by atoms with E-state index < -0.39 is 5.41 Å². The summed E-state index contributed by atoms with van der Waals surface area (Å²) in [6.45, 7) is 8.58. The Kier molecular flexibility index (Phi) is 5.02. The maximum absolute atomic E-state index is 13.0. The van der Waals surface area contributed by atoms with Gasteiger partial charge in [0.15, 0.2) is 5.82 Å². The van der Waals surface area contributed by atoms with Crippen molar-refractivity contribution in [1.82, 2.24) is 25.3 Å². The van der Waals surface area contributed by atoms with Gasteiger partial charge in [0.2, 0.25) is 5.89 Å². The Bertz CT molecular complexity index is 897. The highest BCUT2D eigenvalue weighted by Crippen LogP contribution is 2.44. The van der Waals surface area contributed by atoms with Crippen molar-refractivity contribution < 1.29 is 14.1 Å². The molecule has 1 aromatic carbocycles. The van der Waals surface area contributed by atoms with Gasteiger partial charge in [-0.1, -0.05) is 37.2 Å². The molecule has 2 atom stereocenters. The van der Waals surface area contributed by atoms with E-state index in [1.165, 1.54) is 0 Å². The number of rotatable bonds is 4. The normalized spacial score (nSPS) is 23.5. The fourth-order valence-corrected chi connectivity index (χ4v) is 4.34. The van der Waals surface area contributed by atoms with Crippen LogP contribution in [0.3, 0.4) is 0 Å². The van der Waals surface area contributed by atoms with Crippen LogP contribution in [-0.4, -0.2) is 64.6 Å². The van der Waals surface area contributed by atoms with Gasteiger partial charge in [-0.2, -0.15) is 4.98 Å². The number of carbonyl (C=O) groups is 2. The molecular weight excluding hydrogens is 370 g/mol. The number of amides is 3. The highest BCUT2D eigenvalue weighted by atomic mass is 16.5. The van der Waals surface area contributed by atoms with Gasteiger partial charge < -0.3 is 19.6 Å². The predicted octanol–water partition coefficient (Wildman–Crippen LogP) is 2.07. The second-order valence-corrected chi connectivity index (χ2v) is 8.51. The third kappa shape index (κ3) is 3.59. The van der Waals surface area contributed by atoms with Crippen LogP contribution in [-0.2, 0) is 5.41 Å². The SMILES string of the molecule is Cc1noc([C@]23CN(C(=O)NCC(C)C)C[C@H]2CN(C(=O)c2ccccc2)C3)n1. The number of fused-ring (bicyclic) bond motifs is 1. The van der Waals surface area contributed by atoms with Crippen LogP contribution in [0, 0.1) is 18.8 Å². The topological polar surface area (TPSA) is 91.6 Å². The lowest BCUT2D eigenvalue weighted by molar-refractivity contribution is 0.0770. The molecule has 0 spiro atoms. The summed E-state index contributed by atoms with van der Waals surface area (Å²) in [6.07, 6.45) is 0. The first-order valence-electron chi connectivity index (χ1n) is 10.1. The molecule has 29 heavy (non-hydrogen) atoms. The zero-order chi connectivity index (χ0) is 20.6. The first-order chi connectivity index (χ1) is 13.9. The zero-order valence-electron chi connectivity index (χ0n) is 17.1. The summed E-state index contributed by atoms with van der Waals surface area (Å²) in [5.74, 6) is 1.50. The summed E-state index contributed by atoms with van der Waals surface area (Å²) in [7, 11) is 0. The minimum absolute atomic E-state index is 0.00794. The number of hydrogen-bond donors (Lipinski definition) is 1. The number of benzene rings is 1. The lowest BCUT2D eigenvalue weighted by Crippen LogP contribution is -2.45. The molecule has 8 nitrogen and oxygen atoms in total. The molecular formula is C21H27N5O3. The Hall–Kier alpha value is -2.90. The van der Waals surface area contributed by atoms with Crippen LogP contribution in [0.1, 0.15) is 35.9 Å². The third-order valence-corrected chi connectivity index (χ3v) is 5.82. The third-order valence-electron chi connectivity index (χ3n) is 5.82. The lowest BCUT2D eigenvalue weighted by Gasteiger charge is -2.26. The molecule has 4 rings (SSSR count). The van der Waals surface area contributed by atoms with E-state index in [0.717, 1.165) is 0 Å². The van der Waals surface area contributed by atoms with Crippen molar-refractivity contribution in [3.8, 4) is 0 Å². The number of urea groups is 1. The molecule has 2 fully saturated rings. The van der Waals surface area contributed by atoms with Crippen LogP contribution in [0.2, 0.25) is 0 Å². The molecule has 2 aliphatic heterocycles. The molecule has 8 heteroatoms. The van der Waals surface area contributed by atoms with Crippen LogP contribution >= 0.6 is 0 Å². The highest BCUT2D eigenvalue weighted by Gasteiger charge is 2.58. The summed E-state index contributed by atoms with van der Waals surface area (Å²) >= 11 is 0. The van der Waals surface area contributed by atoms with Crippen LogP contribution in [0.15, 0.2) is 34.9 Å². The number of likely N-dealkylation sites (tertiary alicyclic amines) is 2. The van der Waals surface area contributed by atoms with Crippen molar-refractivity contribution in [2.24, 2.45) is 11.8 Å². The Morgan fingerprint density at radius 2 is 1.90 bits per heavy atom. The van der Waals surface area contributed by atoms with Crippen molar-refractivity contribution in [3.05, 3.63) is 47.6 Å². The molecule has 2 saturated heterocycles. The van der Waals surface area contributed by atoms with E-state index in [0.29, 0.717) is 55.9 Å². The van der Waals surface area contributed by atoms with E-state index in [1.807, 2.05) is 40.1 Å². The Morgan fingerprint density at radius 1 is 1.21 bits per heavy atom. The summed E-state index contributed by atoms with van der Waals surface area (Å²) in [5, 5.41) is 6.95. The van der Waals surface area contributed by atoms with E-state index >= 15 is 0 Å². The minimum atomic E-state index is -0.527. The van der Waals surface area contributed by atoms with Gasteiger partial charge in [0.1, 0.15) is 0 Å². The summed E-state index contributed by atoms with van der Waals surface area (Å²) in [4.78, 5) is 33.8. The predicted molar refractivity (Wildman–Crippen MR) is 106 cm³/mol. The largest absolute Gasteiger partial charge is 0.339 e. The van der Waals surface area contributed by atoms with Gasteiger partial charge in [-0.3, -0.25) is 4.79 Å². The minimum Gasteiger partial charge on any atom is -0.339 e. The Morgan fingerprint density at radius 3 is 2.55 bits per heavy atom. The van der Waals surface area contributed by atoms with E-state index in [1.54, 1.807) is 6.92 Å². The first kappa shape index (κ1) is 19.4. The number of nitrogens with zero attached hydrogens (tertiary/aromatic N) is 4. The lowest BCUT2D eigenvalue weighted by atomic mass is 9.81. The average molecular weight is 397 g/mol. The van der Waals surface area contributed by atoms with Crippen molar-refractivity contribution >= 4 is 11.9 Å². The summed E-state index contributed by atoms with van der Waals surface area (Å²) in [5.41, 5.74) is 0.136. The first-order valence-corrected chi connectivity index (χ1v) is 10.1. The molecule has 0 aliphatic carbocycles. The second-order valence-electron chi connectivity index (χ2n) is 8.51. The maximum Gasteiger partial charge on any atom is 0.317 e. The van der Waals surface area contributed by atoms with Crippen LogP contribution in [0.4, 0.5) is 4.79 Å². The number of hydrogen-bond acceptors (Lipinski definition) is 5. The van der Waals surface area contributed by atoms with E-state index in [-0.39, 0.29) is 17.9 Å². The molecule has 0 radical (unpaired) electrons. The van der Waals surface area contributed by atoms with Gasteiger partial charge in [-0.25, -0.2) is 4.79 Å². The number of aryl methyl sites for hydroxylation is 1. The molecule has 1 aromatic heterocycles. The quantitative estimate of drug-likeness (QED) is 0.853. The molecule has 154 valence electrons. The standard InChI is InChI=1S/C21H27N5O3/c1-14(2)9-22-20(28)26-11-17-10-25(18(27)16-7-5-4-6-8-16)12-21(17,13-26)19-23-15(3)24-29-19/h4-8,14,17H,9-13H2,1-3H3,(H,22,28)/t17-,21-/m1/s1. The molecule has 0 bridgehead atoms. The van der Waals surface area contributed by atoms with E-state index in [4.69, 9.17) is 4.52 Å². The summed E-state index contributed by atoms with van der Waals surface area (Å²) in [6, 6.07) is 9.19. The van der Waals surface area contributed by atoms with Gasteiger partial charge in [0, 0.05) is 44.2 Å². The number of nitrogens with one attached hydrogen (secondary N) is 1. The van der Waals surface area contributed by atoms with E-state index in [2.05, 4.69) is 29.3 Å². The van der Waals surface area contributed by atoms with E-state index in [9.17, 15) is 9.59 Å². The van der Waals surface area contributed by atoms with Crippen LogP contribution < -0.4 is 5.32 Å². The van der Waals surface area contributed by atoms with Crippen molar-refractivity contribution in [2.45, 2.75) is 26.2 Å². The Balaban J connectivity index is 1.57. The fraction of sp³-hybridized carbons (Fsp3) is 0.524. The van der Waals surface area contributed by atoms with Crippen LogP contribution in [0.25, 0.3) is 0 Å². The summed E-state index contributed by atoms with van der Waals surface area (Å²) < 4.78 is 5.56. The van der Waals surface area contributed by atoms with Gasteiger partial charge in [0.25, 0.3) is 5.91 Å². The Labute approximate surface area is 170 Å². The fourth-order valence-electron chi connectivity index (χ4n) is 4.34. The smallest absolute Gasteiger partial charge is 0.317 e. The van der Waals surface area contributed by atoms with Gasteiger partial charge in [-0.05, 0) is 25.0 Å². The number of carbonyl (C=O) groups excluding carboxylic acids is 2. The van der Waals surface area contributed by atoms with Crippen molar-refractivity contribution in [2.75, 3.05) is 32.7 Å². The molecule has 1 N–H and O–H groups in total. The number of aromatic nitrogens is 2. The maximum atomic E-state index is 13.0. The molecule has 2 aromatic rings. The van der Waals surface area contributed by atoms with Gasteiger partial charge in [0.05, 0.1) is 5.41 Å². The zero-order valence-corrected chi connectivity index (χ0v) is 17.1. The molecule has 0 unspecified atom stereocenters. The molecule has 3 heterocycles. The molecule has 3 amide bonds. The molecule has 0 saturated carbocycles. The molecule has 2 aliphatic rings.